The molecule has 0 heterocycles. The Kier molecular flexibility index (Phi) is 4.41. The lowest BCUT2D eigenvalue weighted by Gasteiger charge is -2.13. The average Bonchev–Trinajstić information content (AvgIpc) is 2.48. The number of methoxy groups -OCH3 is 1. The van der Waals surface area contributed by atoms with Gasteiger partial charge in [0.1, 0.15) is 0 Å². The molecule has 1 N–H and O–H groups in total. The van der Waals surface area contributed by atoms with E-state index in [1.165, 1.54) is 23.8 Å². The van der Waals surface area contributed by atoms with Crippen LogP contribution in [0.4, 0.5) is 5.69 Å². The molecule has 3 heteroatoms. The molecule has 2 rings (SSSR count). The Labute approximate surface area is 119 Å². The Bertz CT molecular complexity index is 620. The summed E-state index contributed by atoms with van der Waals surface area (Å²) in [6.45, 7) is 4.89. The minimum Gasteiger partial charge on any atom is -0.465 e. The van der Waals surface area contributed by atoms with Gasteiger partial charge in [0.15, 0.2) is 0 Å². The van der Waals surface area contributed by atoms with E-state index in [2.05, 4.69) is 31.3 Å². The van der Waals surface area contributed by atoms with Crippen LogP contribution in [0.25, 0.3) is 0 Å². The highest BCUT2D eigenvalue weighted by Crippen LogP contribution is 2.19. The second-order valence-electron chi connectivity index (χ2n) is 4.75. The molecule has 0 saturated heterocycles. The lowest BCUT2D eigenvalue weighted by Crippen LogP contribution is -2.09. The maximum absolute atomic E-state index is 11.7. The fraction of sp³-hybridized carbons (Fsp3) is 0.235. The normalized spacial score (nSPS) is 10.2. The van der Waals surface area contributed by atoms with Crippen molar-refractivity contribution >= 4 is 11.7 Å². The van der Waals surface area contributed by atoms with E-state index in [1.807, 2.05) is 24.3 Å². The van der Waals surface area contributed by atoms with E-state index >= 15 is 0 Å². The molecule has 2 aromatic carbocycles. The van der Waals surface area contributed by atoms with E-state index in [-0.39, 0.29) is 5.97 Å². The fourth-order valence-electron chi connectivity index (χ4n) is 2.12. The maximum Gasteiger partial charge on any atom is 0.339 e. The smallest absolute Gasteiger partial charge is 0.339 e. The molecule has 2 aromatic rings. The van der Waals surface area contributed by atoms with Gasteiger partial charge in [-0.05, 0) is 42.7 Å². The molecule has 20 heavy (non-hydrogen) atoms. The first-order chi connectivity index (χ1) is 9.63. The molecule has 0 atom stereocenters. The Morgan fingerprint density at radius 3 is 2.60 bits per heavy atom. The Balaban J connectivity index is 2.19. The monoisotopic (exact) mass is 269 g/mol. The summed E-state index contributed by atoms with van der Waals surface area (Å²) in [7, 11) is 1.39. The molecule has 3 nitrogen and oxygen atoms in total. The molecule has 0 aliphatic rings. The summed E-state index contributed by atoms with van der Waals surface area (Å²) in [5.74, 6) is -0.325. The van der Waals surface area contributed by atoms with Gasteiger partial charge in [0, 0.05) is 12.2 Å². The fourth-order valence-corrected chi connectivity index (χ4v) is 2.12. The third-order valence-corrected chi connectivity index (χ3v) is 3.52. The van der Waals surface area contributed by atoms with Gasteiger partial charge in [0.05, 0.1) is 12.7 Å². The molecule has 0 aliphatic heterocycles. The third-order valence-electron chi connectivity index (χ3n) is 3.52. The minimum absolute atomic E-state index is 0.325. The van der Waals surface area contributed by atoms with Crippen molar-refractivity contribution in [3.63, 3.8) is 0 Å². The number of hydrogen-bond acceptors (Lipinski definition) is 3. The molecular formula is C17H19NO2. The van der Waals surface area contributed by atoms with Gasteiger partial charge in [-0.25, -0.2) is 4.79 Å². The van der Waals surface area contributed by atoms with Gasteiger partial charge >= 0.3 is 5.97 Å². The second-order valence-corrected chi connectivity index (χ2v) is 4.75. The van der Waals surface area contributed by atoms with Crippen molar-refractivity contribution in [3.05, 3.63) is 64.7 Å². The number of benzene rings is 2. The van der Waals surface area contributed by atoms with Crippen molar-refractivity contribution in [3.8, 4) is 0 Å². The molecule has 0 radical (unpaired) electrons. The summed E-state index contributed by atoms with van der Waals surface area (Å²) in [6.07, 6.45) is 0. The van der Waals surface area contributed by atoms with Crippen molar-refractivity contribution < 1.29 is 9.53 Å². The maximum atomic E-state index is 11.7. The Morgan fingerprint density at radius 2 is 1.85 bits per heavy atom. The van der Waals surface area contributed by atoms with Gasteiger partial charge in [-0.3, -0.25) is 0 Å². The molecule has 0 bridgehead atoms. The van der Waals surface area contributed by atoms with Crippen LogP contribution in [-0.4, -0.2) is 13.1 Å². The van der Waals surface area contributed by atoms with E-state index in [4.69, 9.17) is 4.74 Å². The molecule has 0 fully saturated rings. The Hall–Kier alpha value is -2.29. The van der Waals surface area contributed by atoms with Crippen LogP contribution in [-0.2, 0) is 11.3 Å². The van der Waals surface area contributed by atoms with Gasteiger partial charge in [0.25, 0.3) is 0 Å². The SMILES string of the molecule is COC(=O)c1ccccc1NCc1cccc(C)c1C. The van der Waals surface area contributed by atoms with Gasteiger partial charge in [-0.1, -0.05) is 30.3 Å². The highest BCUT2D eigenvalue weighted by Gasteiger charge is 2.10. The number of aryl methyl sites for hydroxylation is 1. The first-order valence-corrected chi connectivity index (χ1v) is 6.59. The van der Waals surface area contributed by atoms with Crippen LogP contribution in [0.1, 0.15) is 27.0 Å². The summed E-state index contributed by atoms with van der Waals surface area (Å²) in [6, 6.07) is 13.6. The summed E-state index contributed by atoms with van der Waals surface area (Å²) in [5.41, 5.74) is 5.12. The predicted molar refractivity (Wildman–Crippen MR) is 81.0 cm³/mol. The third kappa shape index (κ3) is 2.99. The van der Waals surface area contributed by atoms with Crippen LogP contribution < -0.4 is 5.32 Å². The minimum atomic E-state index is -0.325. The Morgan fingerprint density at radius 1 is 1.10 bits per heavy atom. The van der Waals surface area contributed by atoms with Crippen LogP contribution >= 0.6 is 0 Å². The van der Waals surface area contributed by atoms with Crippen LogP contribution in [0.3, 0.4) is 0 Å². The molecule has 0 aromatic heterocycles. The summed E-state index contributed by atoms with van der Waals surface area (Å²) >= 11 is 0. The zero-order valence-corrected chi connectivity index (χ0v) is 12.1. The number of carbonyl (C=O) groups excluding carboxylic acids is 1. The van der Waals surface area contributed by atoms with E-state index in [9.17, 15) is 4.79 Å². The quantitative estimate of drug-likeness (QED) is 0.860. The standard InChI is InChI=1S/C17H19NO2/c1-12-7-6-8-14(13(12)2)11-18-16-10-5-4-9-15(16)17(19)20-3/h4-10,18H,11H2,1-3H3. The van der Waals surface area contributed by atoms with E-state index in [1.54, 1.807) is 6.07 Å². The zero-order chi connectivity index (χ0) is 14.5. The summed E-state index contributed by atoms with van der Waals surface area (Å²) < 4.78 is 4.79. The van der Waals surface area contributed by atoms with E-state index in [0.29, 0.717) is 12.1 Å². The van der Waals surface area contributed by atoms with Crippen molar-refractivity contribution in [2.45, 2.75) is 20.4 Å². The van der Waals surface area contributed by atoms with Crippen molar-refractivity contribution in [1.82, 2.24) is 0 Å². The topological polar surface area (TPSA) is 38.3 Å². The molecule has 104 valence electrons. The molecule has 0 spiro atoms. The summed E-state index contributed by atoms with van der Waals surface area (Å²) in [5, 5.41) is 3.31. The molecule has 0 amide bonds. The molecule has 0 saturated carbocycles. The highest BCUT2D eigenvalue weighted by molar-refractivity contribution is 5.95. The number of carbonyl (C=O) groups is 1. The number of anilines is 1. The number of rotatable bonds is 4. The molecular weight excluding hydrogens is 250 g/mol. The lowest BCUT2D eigenvalue weighted by molar-refractivity contribution is 0.0602. The van der Waals surface area contributed by atoms with Crippen molar-refractivity contribution in [1.29, 1.82) is 0 Å². The van der Waals surface area contributed by atoms with Crippen LogP contribution in [0.5, 0.6) is 0 Å². The number of para-hydroxylation sites is 1. The predicted octanol–water partition coefficient (Wildman–Crippen LogP) is 3.70. The summed E-state index contributed by atoms with van der Waals surface area (Å²) in [4.78, 5) is 11.7. The van der Waals surface area contributed by atoms with Crippen LogP contribution in [0, 0.1) is 13.8 Å². The van der Waals surface area contributed by atoms with Gasteiger partial charge in [0.2, 0.25) is 0 Å². The second kappa shape index (κ2) is 6.24. The van der Waals surface area contributed by atoms with E-state index < -0.39 is 0 Å². The largest absolute Gasteiger partial charge is 0.465 e. The highest BCUT2D eigenvalue weighted by atomic mass is 16.5. The van der Waals surface area contributed by atoms with Crippen molar-refractivity contribution in [2.24, 2.45) is 0 Å². The first kappa shape index (κ1) is 14.1. The van der Waals surface area contributed by atoms with Crippen molar-refractivity contribution in [2.75, 3.05) is 12.4 Å². The zero-order valence-electron chi connectivity index (χ0n) is 12.1. The van der Waals surface area contributed by atoms with Gasteiger partial charge in [-0.2, -0.15) is 0 Å². The number of hydrogen-bond donors (Lipinski definition) is 1. The van der Waals surface area contributed by atoms with Gasteiger partial charge < -0.3 is 10.1 Å². The molecule has 0 unspecified atom stereocenters. The van der Waals surface area contributed by atoms with Crippen LogP contribution in [0.2, 0.25) is 0 Å². The number of nitrogens with one attached hydrogen (secondary N) is 1. The average molecular weight is 269 g/mol. The number of ether oxygens (including phenoxy) is 1. The lowest BCUT2D eigenvalue weighted by atomic mass is 10.0. The van der Waals surface area contributed by atoms with Crippen LogP contribution in [0.15, 0.2) is 42.5 Å². The number of esters is 1. The van der Waals surface area contributed by atoms with Gasteiger partial charge in [-0.15, -0.1) is 0 Å². The first-order valence-electron chi connectivity index (χ1n) is 6.59. The van der Waals surface area contributed by atoms with E-state index in [0.717, 1.165) is 5.69 Å². The molecule has 0 aliphatic carbocycles.